The second kappa shape index (κ2) is 13.1. The molecule has 0 atom stereocenters. The van der Waals surface area contributed by atoms with Crippen LogP contribution in [-0.2, 0) is 22.7 Å². The van der Waals surface area contributed by atoms with Crippen LogP contribution in [0.25, 0.3) is 22.3 Å². The Balaban J connectivity index is 1.21. The zero-order chi connectivity index (χ0) is 34.3. The summed E-state index contributed by atoms with van der Waals surface area (Å²) < 4.78 is 7.69. The Hall–Kier alpha value is -5.28. The largest absolute Gasteiger partial charge is 0.404 e. The third-order valence-corrected chi connectivity index (χ3v) is 15.8. The molecule has 9 rings (SSSR count). The molecule has 248 valence electrons. The number of hydrogen-bond donors (Lipinski definition) is 0. The molecular formula is C49H42OSi. The van der Waals surface area contributed by atoms with Crippen LogP contribution in [0, 0.1) is 0 Å². The SMILES string of the molecule is CCC(CCO[Si](c1ccccc1)(c1ccccc1)c1ccccc1)(c1cccc2c1Cc1ccccc1-2)c1cccc2c1Cc1ccccc1-2. The average Bonchev–Trinajstić information content (AvgIpc) is 3.78. The third-order valence-electron chi connectivity index (χ3n) is 11.7. The van der Waals surface area contributed by atoms with E-state index >= 15 is 0 Å². The maximum absolute atomic E-state index is 7.69. The molecule has 0 spiro atoms. The molecule has 7 aromatic carbocycles. The zero-order valence-electron chi connectivity index (χ0n) is 29.2. The van der Waals surface area contributed by atoms with Crippen LogP contribution in [0.4, 0.5) is 0 Å². The summed E-state index contributed by atoms with van der Waals surface area (Å²) in [6, 6.07) is 65.1. The zero-order valence-corrected chi connectivity index (χ0v) is 30.2. The van der Waals surface area contributed by atoms with Crippen LogP contribution >= 0.6 is 0 Å². The highest BCUT2D eigenvalue weighted by atomic mass is 28.4. The van der Waals surface area contributed by atoms with Crippen molar-refractivity contribution in [3.8, 4) is 22.3 Å². The lowest BCUT2D eigenvalue weighted by molar-refractivity contribution is 0.272. The summed E-state index contributed by atoms with van der Waals surface area (Å²) >= 11 is 0. The molecule has 7 aromatic rings. The summed E-state index contributed by atoms with van der Waals surface area (Å²) in [6.45, 7) is 3.03. The van der Waals surface area contributed by atoms with Gasteiger partial charge in [-0.3, -0.25) is 0 Å². The lowest BCUT2D eigenvalue weighted by Crippen LogP contribution is -2.69. The van der Waals surface area contributed by atoms with Crippen LogP contribution in [0.15, 0.2) is 176 Å². The Morgan fingerprint density at radius 1 is 0.451 bits per heavy atom. The molecule has 0 aromatic heterocycles. The third kappa shape index (κ3) is 5.16. The van der Waals surface area contributed by atoms with Gasteiger partial charge >= 0.3 is 0 Å². The summed E-state index contributed by atoms with van der Waals surface area (Å²) in [5.74, 6) is 0. The molecule has 2 aliphatic carbocycles. The monoisotopic (exact) mass is 674 g/mol. The van der Waals surface area contributed by atoms with Crippen molar-refractivity contribution in [3.63, 3.8) is 0 Å². The molecule has 1 nitrogen and oxygen atoms in total. The van der Waals surface area contributed by atoms with Gasteiger partial charge in [-0.15, -0.1) is 0 Å². The number of benzene rings is 7. The first-order chi connectivity index (χ1) is 25.2. The van der Waals surface area contributed by atoms with E-state index in [1.54, 1.807) is 0 Å². The Morgan fingerprint density at radius 2 is 0.843 bits per heavy atom. The van der Waals surface area contributed by atoms with Crippen LogP contribution in [-0.4, -0.2) is 14.9 Å². The van der Waals surface area contributed by atoms with E-state index in [0.717, 1.165) is 25.7 Å². The quantitative estimate of drug-likeness (QED) is 0.104. The highest BCUT2D eigenvalue weighted by Gasteiger charge is 2.44. The fourth-order valence-electron chi connectivity index (χ4n) is 9.33. The summed E-state index contributed by atoms with van der Waals surface area (Å²) in [7, 11) is -2.88. The Kier molecular flexibility index (Phi) is 8.15. The first kappa shape index (κ1) is 31.7. The van der Waals surface area contributed by atoms with Gasteiger partial charge in [0.15, 0.2) is 0 Å². The molecule has 2 aliphatic rings. The van der Waals surface area contributed by atoms with Crippen LogP contribution < -0.4 is 15.6 Å². The van der Waals surface area contributed by atoms with Gasteiger partial charge in [0, 0.05) is 12.0 Å². The average molecular weight is 675 g/mol. The van der Waals surface area contributed by atoms with Crippen LogP contribution in [0.2, 0.25) is 0 Å². The molecule has 0 unspecified atom stereocenters. The van der Waals surface area contributed by atoms with Gasteiger partial charge in [0.2, 0.25) is 0 Å². The minimum absolute atomic E-state index is 0.245. The minimum Gasteiger partial charge on any atom is -0.404 e. The van der Waals surface area contributed by atoms with Crippen molar-refractivity contribution in [1.29, 1.82) is 0 Å². The van der Waals surface area contributed by atoms with Crippen molar-refractivity contribution in [3.05, 3.63) is 209 Å². The van der Waals surface area contributed by atoms with Gasteiger partial charge in [-0.2, -0.15) is 0 Å². The van der Waals surface area contributed by atoms with Crippen molar-refractivity contribution in [1.82, 2.24) is 0 Å². The summed E-state index contributed by atoms with van der Waals surface area (Å²) in [4.78, 5) is 0. The summed E-state index contributed by atoms with van der Waals surface area (Å²) in [6.07, 6.45) is 3.80. The normalized spacial score (nSPS) is 13.0. The molecular weight excluding hydrogens is 633 g/mol. The lowest BCUT2D eigenvalue weighted by Gasteiger charge is -2.40. The van der Waals surface area contributed by atoms with Gasteiger partial charge in [0.05, 0.1) is 0 Å². The molecule has 0 amide bonds. The van der Waals surface area contributed by atoms with E-state index in [-0.39, 0.29) is 5.41 Å². The van der Waals surface area contributed by atoms with E-state index < -0.39 is 8.32 Å². The first-order valence-electron chi connectivity index (χ1n) is 18.4. The maximum Gasteiger partial charge on any atom is 0.288 e. The molecule has 0 bridgehead atoms. The smallest absolute Gasteiger partial charge is 0.288 e. The Morgan fingerprint density at radius 3 is 1.27 bits per heavy atom. The van der Waals surface area contributed by atoms with Crippen molar-refractivity contribution >= 4 is 23.9 Å². The molecule has 0 aliphatic heterocycles. The van der Waals surface area contributed by atoms with Crippen molar-refractivity contribution in [2.75, 3.05) is 6.61 Å². The van der Waals surface area contributed by atoms with Gasteiger partial charge in [0.25, 0.3) is 8.32 Å². The highest BCUT2D eigenvalue weighted by Crippen LogP contribution is 2.50. The number of rotatable bonds is 10. The van der Waals surface area contributed by atoms with E-state index in [0.29, 0.717) is 6.61 Å². The number of fused-ring (bicyclic) bond motifs is 6. The topological polar surface area (TPSA) is 9.23 Å². The lowest BCUT2D eigenvalue weighted by atomic mass is 9.66. The van der Waals surface area contributed by atoms with Gasteiger partial charge in [-0.1, -0.05) is 183 Å². The number of hydrogen-bond acceptors (Lipinski definition) is 1. The van der Waals surface area contributed by atoms with Gasteiger partial charge < -0.3 is 4.43 Å². The van der Waals surface area contributed by atoms with Crippen LogP contribution in [0.3, 0.4) is 0 Å². The molecule has 0 fully saturated rings. The van der Waals surface area contributed by atoms with Crippen molar-refractivity contribution in [2.24, 2.45) is 0 Å². The second-order valence-corrected chi connectivity index (χ2v) is 17.5. The fraction of sp³-hybridized carbons (Fsp3) is 0.143. The van der Waals surface area contributed by atoms with Crippen molar-refractivity contribution < 1.29 is 4.43 Å². The van der Waals surface area contributed by atoms with E-state index in [1.165, 1.54) is 71.2 Å². The molecule has 0 N–H and O–H groups in total. The standard InChI is InChI=1S/C49H42OSi/c1-2-49(47-30-16-28-43-41-26-14-12-18-36(41)34-45(43)47,48-31-17-29-44-42-27-15-13-19-37(42)35-46(44)48)32-33-50-51(38-20-6-3-7-21-38,39-22-8-4-9-23-39)40-24-10-5-11-25-40/h3-31H,2,32-35H2,1H3. The van der Waals surface area contributed by atoms with E-state index in [1.807, 2.05) is 0 Å². The molecule has 0 radical (unpaired) electrons. The fourth-order valence-corrected chi connectivity index (χ4v) is 13.2. The molecule has 0 saturated heterocycles. The van der Waals surface area contributed by atoms with Crippen molar-refractivity contribution in [2.45, 2.75) is 38.0 Å². The molecule has 0 heterocycles. The first-order valence-corrected chi connectivity index (χ1v) is 20.4. The summed E-state index contributed by atoms with van der Waals surface area (Å²) in [5, 5.41) is 3.82. The molecule has 51 heavy (non-hydrogen) atoms. The van der Waals surface area contributed by atoms with E-state index in [2.05, 4.69) is 183 Å². The predicted octanol–water partition coefficient (Wildman–Crippen LogP) is 9.60. The molecule has 0 saturated carbocycles. The Labute approximate surface area is 303 Å². The predicted molar refractivity (Wildman–Crippen MR) is 215 cm³/mol. The van der Waals surface area contributed by atoms with Crippen LogP contribution in [0.5, 0.6) is 0 Å². The Bertz CT molecular complexity index is 2130. The van der Waals surface area contributed by atoms with Crippen LogP contribution in [0.1, 0.15) is 53.1 Å². The maximum atomic E-state index is 7.69. The van der Waals surface area contributed by atoms with Gasteiger partial charge in [-0.25, -0.2) is 0 Å². The highest BCUT2D eigenvalue weighted by molar-refractivity contribution is 7.07. The van der Waals surface area contributed by atoms with Gasteiger partial charge in [0.1, 0.15) is 0 Å². The van der Waals surface area contributed by atoms with E-state index in [9.17, 15) is 0 Å². The van der Waals surface area contributed by atoms with E-state index in [4.69, 9.17) is 4.43 Å². The molecule has 2 heteroatoms. The minimum atomic E-state index is -2.88. The summed E-state index contributed by atoms with van der Waals surface area (Å²) in [5.41, 5.74) is 14.0. The second-order valence-electron chi connectivity index (χ2n) is 14.1. The van der Waals surface area contributed by atoms with Gasteiger partial charge in [-0.05, 0) is 96.9 Å².